The Balaban J connectivity index is 0. The molecule has 0 aromatic carbocycles. The Kier molecular flexibility index (Phi) is 21.9. The summed E-state index contributed by atoms with van der Waals surface area (Å²) in [6, 6.07) is 0. The molecule has 150 valence electrons. The lowest BCUT2D eigenvalue weighted by atomic mass is 9.95. The van der Waals surface area contributed by atoms with Crippen molar-refractivity contribution in [2.45, 2.75) is 104 Å². The fraction of sp³-hybridized carbons (Fsp3) is 0.900. The van der Waals surface area contributed by atoms with E-state index in [0.29, 0.717) is 12.5 Å². The molecule has 3 N–H and O–H groups in total. The SMILES string of the molecule is CCCCCCCCC(CO)CCCCCC.O=C(O)CCC(=O)O. The minimum Gasteiger partial charge on any atom is -0.481 e. The van der Waals surface area contributed by atoms with Gasteiger partial charge >= 0.3 is 11.9 Å². The van der Waals surface area contributed by atoms with Crippen LogP contribution in [0, 0.1) is 5.92 Å². The third kappa shape index (κ3) is 25.3. The molecule has 0 spiro atoms. The summed E-state index contributed by atoms with van der Waals surface area (Å²) in [6.07, 6.45) is 15.4. The van der Waals surface area contributed by atoms with E-state index in [1.807, 2.05) is 0 Å². The maximum Gasteiger partial charge on any atom is 0.303 e. The molecular formula is C20H40O5. The molecule has 0 heterocycles. The molecule has 0 radical (unpaired) electrons. The van der Waals surface area contributed by atoms with E-state index in [4.69, 9.17) is 10.2 Å². The second kappa shape index (κ2) is 20.9. The van der Waals surface area contributed by atoms with E-state index in [2.05, 4.69) is 13.8 Å². The lowest BCUT2D eigenvalue weighted by molar-refractivity contribution is -0.143. The number of hydrogen-bond donors (Lipinski definition) is 3. The fourth-order valence-corrected chi connectivity index (χ4v) is 2.61. The van der Waals surface area contributed by atoms with Crippen molar-refractivity contribution in [3.05, 3.63) is 0 Å². The van der Waals surface area contributed by atoms with Gasteiger partial charge in [-0.2, -0.15) is 0 Å². The molecule has 25 heavy (non-hydrogen) atoms. The second-order valence-electron chi connectivity index (χ2n) is 6.74. The molecule has 0 bridgehead atoms. The lowest BCUT2D eigenvalue weighted by Crippen LogP contribution is -2.06. The molecule has 0 aliphatic heterocycles. The smallest absolute Gasteiger partial charge is 0.303 e. The molecule has 0 rings (SSSR count). The van der Waals surface area contributed by atoms with Crippen molar-refractivity contribution in [1.29, 1.82) is 0 Å². The Hall–Kier alpha value is -1.10. The van der Waals surface area contributed by atoms with Gasteiger partial charge in [-0.3, -0.25) is 9.59 Å². The summed E-state index contributed by atoms with van der Waals surface area (Å²) in [4.78, 5) is 19.3. The van der Waals surface area contributed by atoms with Gasteiger partial charge in [0.25, 0.3) is 0 Å². The predicted octanol–water partition coefficient (Wildman–Crippen LogP) is 5.25. The number of rotatable bonds is 16. The average Bonchev–Trinajstić information content (AvgIpc) is 2.58. The highest BCUT2D eigenvalue weighted by Gasteiger charge is 2.06. The number of aliphatic carboxylic acids is 2. The van der Waals surface area contributed by atoms with Crippen LogP contribution in [0.1, 0.15) is 104 Å². The first-order valence-corrected chi connectivity index (χ1v) is 10.0. The highest BCUT2D eigenvalue weighted by molar-refractivity contribution is 5.75. The quantitative estimate of drug-likeness (QED) is 0.327. The molecule has 1 atom stereocenters. The second-order valence-corrected chi connectivity index (χ2v) is 6.74. The predicted molar refractivity (Wildman–Crippen MR) is 102 cm³/mol. The molecule has 5 nitrogen and oxygen atoms in total. The van der Waals surface area contributed by atoms with Gasteiger partial charge in [-0.25, -0.2) is 0 Å². The van der Waals surface area contributed by atoms with Gasteiger partial charge in [-0.05, 0) is 18.8 Å². The summed E-state index contributed by atoms with van der Waals surface area (Å²) in [5, 5.41) is 25.1. The van der Waals surface area contributed by atoms with Gasteiger partial charge in [0, 0.05) is 6.61 Å². The van der Waals surface area contributed by atoms with E-state index >= 15 is 0 Å². The molecule has 0 fully saturated rings. The summed E-state index contributed by atoms with van der Waals surface area (Å²) < 4.78 is 0. The monoisotopic (exact) mass is 360 g/mol. The molecule has 0 saturated carbocycles. The van der Waals surface area contributed by atoms with Crippen molar-refractivity contribution >= 4 is 11.9 Å². The first kappa shape index (κ1) is 26.1. The molecule has 0 saturated heterocycles. The van der Waals surface area contributed by atoms with E-state index in [1.54, 1.807) is 0 Å². The number of hydrogen-bond acceptors (Lipinski definition) is 3. The van der Waals surface area contributed by atoms with Crippen LogP contribution in [0.25, 0.3) is 0 Å². The molecule has 0 aromatic rings. The average molecular weight is 361 g/mol. The van der Waals surface area contributed by atoms with E-state index < -0.39 is 11.9 Å². The topological polar surface area (TPSA) is 94.8 Å². The number of unbranched alkanes of at least 4 members (excludes halogenated alkanes) is 8. The Bertz CT molecular complexity index is 290. The van der Waals surface area contributed by atoms with Crippen molar-refractivity contribution in [2.24, 2.45) is 5.92 Å². The Morgan fingerprint density at radius 1 is 0.680 bits per heavy atom. The maximum atomic E-state index is 9.64. The van der Waals surface area contributed by atoms with Crippen LogP contribution in [-0.4, -0.2) is 33.9 Å². The minimum atomic E-state index is -1.08. The summed E-state index contributed by atoms with van der Waals surface area (Å²) in [6.45, 7) is 4.92. The van der Waals surface area contributed by atoms with Crippen LogP contribution in [0.3, 0.4) is 0 Å². The van der Waals surface area contributed by atoms with Crippen molar-refractivity contribution in [2.75, 3.05) is 6.61 Å². The van der Waals surface area contributed by atoms with Crippen molar-refractivity contribution in [3.63, 3.8) is 0 Å². The van der Waals surface area contributed by atoms with Gasteiger partial charge in [0.05, 0.1) is 12.8 Å². The van der Waals surface area contributed by atoms with Crippen LogP contribution in [0.15, 0.2) is 0 Å². The van der Waals surface area contributed by atoms with Gasteiger partial charge in [0.1, 0.15) is 0 Å². The van der Waals surface area contributed by atoms with Crippen molar-refractivity contribution in [1.82, 2.24) is 0 Å². The normalized spacial score (nSPS) is 11.5. The Morgan fingerprint density at radius 2 is 1.04 bits per heavy atom. The van der Waals surface area contributed by atoms with Crippen LogP contribution < -0.4 is 0 Å². The molecule has 0 aliphatic carbocycles. The maximum absolute atomic E-state index is 9.64. The summed E-state index contributed by atoms with van der Waals surface area (Å²) in [5.41, 5.74) is 0. The van der Waals surface area contributed by atoms with Crippen molar-refractivity contribution < 1.29 is 24.9 Å². The van der Waals surface area contributed by atoms with E-state index in [9.17, 15) is 14.7 Å². The molecule has 5 heteroatoms. The van der Waals surface area contributed by atoms with Crippen LogP contribution >= 0.6 is 0 Å². The summed E-state index contributed by atoms with van der Waals surface area (Å²) in [5.74, 6) is -1.57. The Labute approximate surface area is 153 Å². The highest BCUT2D eigenvalue weighted by Crippen LogP contribution is 2.18. The van der Waals surface area contributed by atoms with Gasteiger partial charge in [0.15, 0.2) is 0 Å². The van der Waals surface area contributed by atoms with Crippen LogP contribution in [0.4, 0.5) is 0 Å². The minimum absolute atomic E-state index is 0.296. The number of aliphatic hydroxyl groups is 1. The molecule has 0 amide bonds. The standard InChI is InChI=1S/C16H34O.C4H6O4/c1-3-5-7-9-10-12-14-16(15-17)13-11-8-6-4-2;5-3(6)1-2-4(7)8/h16-17H,3-15H2,1-2H3;1-2H2,(H,5,6)(H,7,8). The number of carbonyl (C=O) groups is 2. The van der Waals surface area contributed by atoms with E-state index in [1.165, 1.54) is 77.0 Å². The summed E-state index contributed by atoms with van der Waals surface area (Å²) >= 11 is 0. The molecular weight excluding hydrogens is 320 g/mol. The van der Waals surface area contributed by atoms with Gasteiger partial charge in [0.2, 0.25) is 0 Å². The van der Waals surface area contributed by atoms with Gasteiger partial charge < -0.3 is 15.3 Å². The molecule has 1 unspecified atom stereocenters. The zero-order valence-corrected chi connectivity index (χ0v) is 16.3. The van der Waals surface area contributed by atoms with E-state index in [-0.39, 0.29) is 12.8 Å². The largest absolute Gasteiger partial charge is 0.481 e. The van der Waals surface area contributed by atoms with Crippen LogP contribution in [0.2, 0.25) is 0 Å². The first-order valence-electron chi connectivity index (χ1n) is 10.0. The number of carboxylic acid groups (broad SMARTS) is 2. The lowest BCUT2D eigenvalue weighted by Gasteiger charge is -2.13. The van der Waals surface area contributed by atoms with Crippen molar-refractivity contribution in [3.8, 4) is 0 Å². The van der Waals surface area contributed by atoms with Gasteiger partial charge in [-0.1, -0.05) is 78.1 Å². The zero-order valence-electron chi connectivity index (χ0n) is 16.3. The number of carboxylic acids is 2. The van der Waals surface area contributed by atoms with Crippen LogP contribution in [0.5, 0.6) is 0 Å². The summed E-state index contributed by atoms with van der Waals surface area (Å²) in [7, 11) is 0. The Morgan fingerprint density at radius 3 is 1.40 bits per heavy atom. The number of aliphatic hydroxyl groups excluding tert-OH is 1. The van der Waals surface area contributed by atoms with E-state index in [0.717, 1.165) is 0 Å². The van der Waals surface area contributed by atoms with Gasteiger partial charge in [-0.15, -0.1) is 0 Å². The third-order valence-electron chi connectivity index (χ3n) is 4.24. The molecule has 0 aliphatic rings. The third-order valence-corrected chi connectivity index (χ3v) is 4.24. The zero-order chi connectivity index (χ0) is 19.3. The van der Waals surface area contributed by atoms with Crippen LogP contribution in [-0.2, 0) is 9.59 Å². The molecule has 0 aromatic heterocycles. The first-order chi connectivity index (χ1) is 12.0. The fourth-order valence-electron chi connectivity index (χ4n) is 2.61. The highest BCUT2D eigenvalue weighted by atomic mass is 16.4.